The number of nitrogens with one attached hydrogen (secondary N) is 2. The van der Waals surface area contributed by atoms with E-state index in [0.29, 0.717) is 30.9 Å². The molecule has 0 spiro atoms. The Hall–Kier alpha value is -3.42. The van der Waals surface area contributed by atoms with Gasteiger partial charge in [0, 0.05) is 43.0 Å². The van der Waals surface area contributed by atoms with Crippen molar-refractivity contribution in [2.75, 3.05) is 31.1 Å². The lowest BCUT2D eigenvalue weighted by Gasteiger charge is -2.35. The van der Waals surface area contributed by atoms with Crippen LogP contribution in [0.5, 0.6) is 0 Å². The lowest BCUT2D eigenvalue weighted by Crippen LogP contribution is -2.52. The molecule has 2 fully saturated rings. The van der Waals surface area contributed by atoms with Crippen LogP contribution in [0.3, 0.4) is 0 Å². The highest BCUT2D eigenvalue weighted by molar-refractivity contribution is 5.99. The molecule has 28 heavy (non-hydrogen) atoms. The summed E-state index contributed by atoms with van der Waals surface area (Å²) in [5.41, 5.74) is 1.23. The highest BCUT2D eigenvalue weighted by atomic mass is 19.1. The first-order valence-corrected chi connectivity index (χ1v) is 9.05. The predicted octanol–water partition coefficient (Wildman–Crippen LogP) is 1.67. The van der Waals surface area contributed by atoms with Crippen LogP contribution in [-0.4, -0.2) is 48.9 Å². The number of rotatable bonds is 3. The van der Waals surface area contributed by atoms with Crippen molar-refractivity contribution in [1.82, 2.24) is 15.5 Å². The molecular formula is C20H19FN4O3. The van der Waals surface area contributed by atoms with E-state index in [1.54, 1.807) is 41.3 Å². The van der Waals surface area contributed by atoms with Gasteiger partial charge in [-0.25, -0.2) is 9.18 Å². The van der Waals surface area contributed by atoms with Gasteiger partial charge in [-0.3, -0.25) is 14.5 Å². The van der Waals surface area contributed by atoms with E-state index < -0.39 is 17.8 Å². The number of carbonyl (C=O) groups excluding carboxylic acids is 3. The molecule has 2 heterocycles. The third kappa shape index (κ3) is 3.17. The van der Waals surface area contributed by atoms with Crippen LogP contribution in [0, 0.1) is 5.82 Å². The lowest BCUT2D eigenvalue weighted by atomic mass is 10.0. The van der Waals surface area contributed by atoms with Crippen LogP contribution in [0.4, 0.5) is 14.9 Å². The average molecular weight is 382 g/mol. The van der Waals surface area contributed by atoms with Crippen molar-refractivity contribution in [2.24, 2.45) is 0 Å². The topological polar surface area (TPSA) is 81.8 Å². The number of carbonyl (C=O) groups is 3. The SMILES string of the molecule is O=C1NCCN(C(=O)c2ccc(N3CCNC3=O)cc2)C1c1ccccc1F. The van der Waals surface area contributed by atoms with Gasteiger partial charge in [-0.15, -0.1) is 0 Å². The average Bonchev–Trinajstić information content (AvgIpc) is 3.14. The minimum atomic E-state index is -1.02. The van der Waals surface area contributed by atoms with E-state index >= 15 is 0 Å². The second-order valence-electron chi connectivity index (χ2n) is 6.64. The molecule has 144 valence electrons. The Labute approximate surface area is 161 Å². The van der Waals surface area contributed by atoms with Crippen molar-refractivity contribution in [3.05, 3.63) is 65.5 Å². The maximum Gasteiger partial charge on any atom is 0.321 e. The van der Waals surface area contributed by atoms with Gasteiger partial charge in [0.2, 0.25) is 5.91 Å². The van der Waals surface area contributed by atoms with Crippen LogP contribution in [-0.2, 0) is 4.79 Å². The Kier molecular flexibility index (Phi) is 4.68. The largest absolute Gasteiger partial charge is 0.352 e. The lowest BCUT2D eigenvalue weighted by molar-refractivity contribution is -0.128. The molecule has 0 aromatic heterocycles. The van der Waals surface area contributed by atoms with E-state index in [1.807, 2.05) is 0 Å². The molecule has 1 atom stereocenters. The minimum Gasteiger partial charge on any atom is -0.352 e. The Balaban J connectivity index is 1.61. The van der Waals surface area contributed by atoms with E-state index in [-0.39, 0.29) is 24.0 Å². The fourth-order valence-corrected chi connectivity index (χ4v) is 3.56. The van der Waals surface area contributed by atoms with Gasteiger partial charge in [-0.1, -0.05) is 18.2 Å². The summed E-state index contributed by atoms with van der Waals surface area (Å²) in [7, 11) is 0. The summed E-state index contributed by atoms with van der Waals surface area (Å²) in [5, 5.41) is 5.42. The maximum atomic E-state index is 14.3. The first-order chi connectivity index (χ1) is 13.6. The molecule has 2 aromatic rings. The minimum absolute atomic E-state index is 0.165. The molecule has 0 saturated carbocycles. The zero-order valence-corrected chi connectivity index (χ0v) is 15.0. The van der Waals surface area contributed by atoms with Gasteiger partial charge in [-0.2, -0.15) is 0 Å². The van der Waals surface area contributed by atoms with E-state index in [0.717, 1.165) is 0 Å². The third-order valence-corrected chi connectivity index (χ3v) is 4.96. The van der Waals surface area contributed by atoms with Gasteiger partial charge in [0.1, 0.15) is 11.9 Å². The molecule has 2 aliphatic heterocycles. The molecule has 2 N–H and O–H groups in total. The Morgan fingerprint density at radius 3 is 2.36 bits per heavy atom. The fourth-order valence-electron chi connectivity index (χ4n) is 3.56. The molecule has 4 amide bonds. The molecular weight excluding hydrogens is 363 g/mol. The zero-order valence-electron chi connectivity index (χ0n) is 15.0. The summed E-state index contributed by atoms with van der Waals surface area (Å²) >= 11 is 0. The molecule has 1 unspecified atom stereocenters. The number of benzene rings is 2. The first-order valence-electron chi connectivity index (χ1n) is 9.05. The smallest absolute Gasteiger partial charge is 0.321 e. The quantitative estimate of drug-likeness (QED) is 0.847. The van der Waals surface area contributed by atoms with Gasteiger partial charge in [0.15, 0.2) is 0 Å². The Morgan fingerprint density at radius 2 is 1.68 bits per heavy atom. The zero-order chi connectivity index (χ0) is 19.7. The van der Waals surface area contributed by atoms with E-state index in [4.69, 9.17) is 0 Å². The number of hydrogen-bond acceptors (Lipinski definition) is 3. The van der Waals surface area contributed by atoms with Crippen LogP contribution in [0.15, 0.2) is 48.5 Å². The molecule has 2 aliphatic rings. The third-order valence-electron chi connectivity index (χ3n) is 4.96. The second kappa shape index (κ2) is 7.30. The molecule has 2 saturated heterocycles. The number of urea groups is 1. The van der Waals surface area contributed by atoms with Crippen molar-refractivity contribution in [3.8, 4) is 0 Å². The highest BCUT2D eigenvalue weighted by Crippen LogP contribution is 2.28. The van der Waals surface area contributed by atoms with Crippen LogP contribution in [0.1, 0.15) is 22.0 Å². The standard InChI is InChI=1S/C20H19FN4O3/c21-16-4-2-1-3-15(16)17-18(26)22-9-12-25(17)19(27)13-5-7-14(8-6-13)24-11-10-23-20(24)28/h1-8,17H,9-12H2,(H,22,26)(H,23,28). The van der Waals surface area contributed by atoms with Crippen molar-refractivity contribution < 1.29 is 18.8 Å². The molecule has 0 radical (unpaired) electrons. The van der Waals surface area contributed by atoms with Crippen molar-refractivity contribution >= 4 is 23.5 Å². The molecule has 7 nitrogen and oxygen atoms in total. The first kappa shape index (κ1) is 18.0. The molecule has 0 bridgehead atoms. The van der Waals surface area contributed by atoms with E-state index in [1.165, 1.54) is 17.0 Å². The summed E-state index contributed by atoms with van der Waals surface area (Å²) < 4.78 is 14.3. The van der Waals surface area contributed by atoms with Crippen molar-refractivity contribution in [2.45, 2.75) is 6.04 Å². The molecule has 4 rings (SSSR count). The fraction of sp³-hybridized carbons (Fsp3) is 0.250. The molecule has 8 heteroatoms. The second-order valence-corrected chi connectivity index (χ2v) is 6.64. The number of piperazine rings is 1. The summed E-state index contributed by atoms with van der Waals surface area (Å²) in [5.74, 6) is -1.30. The normalized spacial score (nSPS) is 19.4. The van der Waals surface area contributed by atoms with Gasteiger partial charge in [-0.05, 0) is 30.3 Å². The number of anilines is 1. The van der Waals surface area contributed by atoms with E-state index in [9.17, 15) is 18.8 Å². The molecule has 2 aromatic carbocycles. The van der Waals surface area contributed by atoms with Crippen molar-refractivity contribution in [1.29, 1.82) is 0 Å². The summed E-state index contributed by atoms with van der Waals surface area (Å²) in [6.45, 7) is 1.72. The van der Waals surface area contributed by atoms with Crippen molar-refractivity contribution in [3.63, 3.8) is 0 Å². The van der Waals surface area contributed by atoms with Crippen LogP contribution in [0.25, 0.3) is 0 Å². The van der Waals surface area contributed by atoms with Gasteiger partial charge in [0.25, 0.3) is 5.91 Å². The number of amides is 4. The van der Waals surface area contributed by atoms with Gasteiger partial charge in [0.05, 0.1) is 0 Å². The van der Waals surface area contributed by atoms with Crippen LogP contribution in [0.2, 0.25) is 0 Å². The van der Waals surface area contributed by atoms with Crippen LogP contribution >= 0.6 is 0 Å². The summed E-state index contributed by atoms with van der Waals surface area (Å²) in [6.07, 6.45) is 0. The van der Waals surface area contributed by atoms with Crippen LogP contribution < -0.4 is 15.5 Å². The molecule has 0 aliphatic carbocycles. The number of halogens is 1. The van der Waals surface area contributed by atoms with E-state index in [2.05, 4.69) is 10.6 Å². The predicted molar refractivity (Wildman–Crippen MR) is 100 cm³/mol. The Morgan fingerprint density at radius 1 is 0.964 bits per heavy atom. The highest BCUT2D eigenvalue weighted by Gasteiger charge is 2.36. The maximum absolute atomic E-state index is 14.3. The summed E-state index contributed by atoms with van der Waals surface area (Å²) in [4.78, 5) is 40.2. The Bertz CT molecular complexity index is 931. The van der Waals surface area contributed by atoms with Gasteiger partial charge >= 0.3 is 6.03 Å². The number of nitrogens with zero attached hydrogens (tertiary/aromatic N) is 2. The summed E-state index contributed by atoms with van der Waals surface area (Å²) in [6, 6.07) is 11.4. The number of hydrogen-bond donors (Lipinski definition) is 2. The monoisotopic (exact) mass is 382 g/mol. The van der Waals surface area contributed by atoms with Gasteiger partial charge < -0.3 is 15.5 Å².